The summed E-state index contributed by atoms with van der Waals surface area (Å²) in [7, 11) is 0. The van der Waals surface area contributed by atoms with Gasteiger partial charge >= 0.3 is 11.9 Å². The molecule has 0 bridgehead atoms. The van der Waals surface area contributed by atoms with Crippen molar-refractivity contribution in [2.75, 3.05) is 0 Å². The second-order valence-electron chi connectivity index (χ2n) is 8.03. The summed E-state index contributed by atoms with van der Waals surface area (Å²) < 4.78 is 16.4. The Balaban J connectivity index is 2.02. The molecule has 3 N–H and O–H groups in total. The summed E-state index contributed by atoms with van der Waals surface area (Å²) >= 11 is 0. The number of rotatable bonds is 6. The minimum Gasteiger partial charge on any atom is -0.504 e. The van der Waals surface area contributed by atoms with Gasteiger partial charge in [0, 0.05) is 11.6 Å². The first-order valence-electron chi connectivity index (χ1n) is 10.2. The van der Waals surface area contributed by atoms with Crippen LogP contribution in [0.5, 0.6) is 23.0 Å². The number of hydrogen-bond acceptors (Lipinski definition) is 8. The first-order chi connectivity index (χ1) is 15.1. The summed E-state index contributed by atoms with van der Waals surface area (Å²) in [6.07, 6.45) is 1.14. The van der Waals surface area contributed by atoms with Crippen molar-refractivity contribution < 1.29 is 39.1 Å². The second-order valence-corrected chi connectivity index (χ2v) is 8.03. The number of fused-ring (bicyclic) bond motifs is 1. The standard InChI is InChI=1S/C24H26O8/c1-12(2)30-20(28)8-5-14-9-16-21(24(29)31-13(3)4)22(32-23(16)19(27)10-14)15-6-7-17(25)18(26)11-15/h5-13,21-22,25-27H,1-4H3/b8-5+/t21-,22+/m1/s1. The van der Waals surface area contributed by atoms with Crippen LogP contribution in [-0.4, -0.2) is 39.5 Å². The molecule has 32 heavy (non-hydrogen) atoms. The zero-order valence-electron chi connectivity index (χ0n) is 18.2. The van der Waals surface area contributed by atoms with E-state index in [1.54, 1.807) is 33.8 Å². The van der Waals surface area contributed by atoms with Crippen molar-refractivity contribution in [2.24, 2.45) is 0 Å². The highest BCUT2D eigenvalue weighted by atomic mass is 16.6. The van der Waals surface area contributed by atoms with E-state index in [9.17, 15) is 24.9 Å². The van der Waals surface area contributed by atoms with Gasteiger partial charge in [-0.3, -0.25) is 4.79 Å². The third-order valence-electron chi connectivity index (χ3n) is 4.70. The van der Waals surface area contributed by atoms with Crippen LogP contribution < -0.4 is 4.74 Å². The molecule has 1 aliphatic rings. The van der Waals surface area contributed by atoms with E-state index in [0.29, 0.717) is 16.7 Å². The lowest BCUT2D eigenvalue weighted by atomic mass is 9.89. The molecule has 0 spiro atoms. The van der Waals surface area contributed by atoms with Gasteiger partial charge in [0.1, 0.15) is 12.0 Å². The summed E-state index contributed by atoms with van der Waals surface area (Å²) in [6.45, 7) is 6.90. The van der Waals surface area contributed by atoms with Gasteiger partial charge in [-0.2, -0.15) is 0 Å². The van der Waals surface area contributed by atoms with Crippen LogP contribution in [0, 0.1) is 0 Å². The maximum absolute atomic E-state index is 13.0. The van der Waals surface area contributed by atoms with Crippen molar-refractivity contribution in [3.8, 4) is 23.0 Å². The fraction of sp³-hybridized carbons (Fsp3) is 0.333. The number of phenols is 3. The summed E-state index contributed by atoms with van der Waals surface area (Å²) in [5, 5.41) is 30.1. The molecule has 0 fully saturated rings. The molecule has 170 valence electrons. The Morgan fingerprint density at radius 3 is 2.25 bits per heavy atom. The first-order valence-corrected chi connectivity index (χ1v) is 10.2. The molecule has 0 saturated heterocycles. The molecule has 2 aromatic carbocycles. The average Bonchev–Trinajstić information content (AvgIpc) is 3.07. The van der Waals surface area contributed by atoms with Gasteiger partial charge in [0.15, 0.2) is 23.0 Å². The van der Waals surface area contributed by atoms with E-state index in [2.05, 4.69) is 0 Å². The number of carbonyl (C=O) groups is 2. The molecule has 0 radical (unpaired) electrons. The van der Waals surface area contributed by atoms with Gasteiger partial charge < -0.3 is 29.5 Å². The quantitative estimate of drug-likeness (QED) is 0.349. The van der Waals surface area contributed by atoms with E-state index in [0.717, 1.165) is 0 Å². The molecule has 1 heterocycles. The molecule has 3 rings (SSSR count). The molecule has 0 aromatic heterocycles. The monoisotopic (exact) mass is 442 g/mol. The molecular formula is C24H26O8. The summed E-state index contributed by atoms with van der Waals surface area (Å²) in [4.78, 5) is 24.8. The van der Waals surface area contributed by atoms with E-state index in [-0.39, 0.29) is 35.2 Å². The Kier molecular flexibility index (Phi) is 6.62. The van der Waals surface area contributed by atoms with Gasteiger partial charge in [-0.15, -0.1) is 0 Å². The lowest BCUT2D eigenvalue weighted by Gasteiger charge is -2.20. The van der Waals surface area contributed by atoms with E-state index in [1.165, 1.54) is 36.4 Å². The molecule has 0 amide bonds. The smallest absolute Gasteiger partial charge is 0.331 e. The lowest BCUT2D eigenvalue weighted by Crippen LogP contribution is -2.23. The van der Waals surface area contributed by atoms with Crippen LogP contribution in [0.25, 0.3) is 6.08 Å². The van der Waals surface area contributed by atoms with Gasteiger partial charge in [0.05, 0.1) is 12.2 Å². The number of ether oxygens (including phenoxy) is 3. The molecule has 0 aliphatic carbocycles. The zero-order chi connectivity index (χ0) is 23.6. The third-order valence-corrected chi connectivity index (χ3v) is 4.70. The van der Waals surface area contributed by atoms with E-state index in [4.69, 9.17) is 14.2 Å². The number of carbonyl (C=O) groups excluding carboxylic acids is 2. The number of aromatic hydroxyl groups is 3. The van der Waals surface area contributed by atoms with Crippen LogP contribution in [0.15, 0.2) is 36.4 Å². The van der Waals surface area contributed by atoms with E-state index < -0.39 is 24.0 Å². The molecule has 2 aromatic rings. The van der Waals surface area contributed by atoms with Crippen LogP contribution in [0.2, 0.25) is 0 Å². The van der Waals surface area contributed by atoms with Crippen molar-refractivity contribution in [2.45, 2.75) is 51.9 Å². The minimum absolute atomic E-state index is 0.107. The molecule has 8 heteroatoms. The topological polar surface area (TPSA) is 123 Å². The van der Waals surface area contributed by atoms with Gasteiger partial charge in [0.2, 0.25) is 0 Å². The number of esters is 2. The normalized spacial score (nSPS) is 17.4. The molecule has 1 aliphatic heterocycles. The zero-order valence-corrected chi connectivity index (χ0v) is 18.2. The Morgan fingerprint density at radius 1 is 0.938 bits per heavy atom. The van der Waals surface area contributed by atoms with Gasteiger partial charge in [-0.05, 0) is 69.2 Å². The average molecular weight is 442 g/mol. The highest BCUT2D eigenvalue weighted by molar-refractivity contribution is 5.88. The van der Waals surface area contributed by atoms with Crippen LogP contribution in [0.3, 0.4) is 0 Å². The largest absolute Gasteiger partial charge is 0.504 e. The number of benzene rings is 2. The maximum Gasteiger partial charge on any atom is 0.331 e. The first kappa shape index (κ1) is 23.0. The Morgan fingerprint density at radius 2 is 1.62 bits per heavy atom. The summed E-state index contributed by atoms with van der Waals surface area (Å²) in [6, 6.07) is 7.12. The molecule has 8 nitrogen and oxygen atoms in total. The predicted octanol–water partition coefficient (Wildman–Crippen LogP) is 3.94. The Labute approximate surface area is 185 Å². The SMILES string of the molecule is CC(C)OC(=O)/C=C/c1cc(O)c2c(c1)[C@@H](C(=O)OC(C)C)[C@H](c1ccc(O)c(O)c1)O2. The number of hydrogen-bond donors (Lipinski definition) is 3. The van der Waals surface area contributed by atoms with Crippen molar-refractivity contribution in [3.05, 3.63) is 53.1 Å². The van der Waals surface area contributed by atoms with Gasteiger partial charge in [-0.25, -0.2) is 4.79 Å². The van der Waals surface area contributed by atoms with Gasteiger partial charge in [-0.1, -0.05) is 6.07 Å². The van der Waals surface area contributed by atoms with Crippen LogP contribution in [0.1, 0.15) is 56.4 Å². The van der Waals surface area contributed by atoms with Crippen LogP contribution >= 0.6 is 0 Å². The molecule has 0 unspecified atom stereocenters. The Bertz CT molecular complexity index is 1050. The van der Waals surface area contributed by atoms with Crippen LogP contribution in [0.4, 0.5) is 0 Å². The fourth-order valence-corrected chi connectivity index (χ4v) is 3.44. The number of phenolic OH excluding ortho intramolecular Hbond substituents is 3. The Hall–Kier alpha value is -3.68. The minimum atomic E-state index is -0.946. The van der Waals surface area contributed by atoms with Crippen molar-refractivity contribution in [3.63, 3.8) is 0 Å². The van der Waals surface area contributed by atoms with E-state index in [1.807, 2.05) is 0 Å². The molecule has 0 saturated carbocycles. The summed E-state index contributed by atoms with van der Waals surface area (Å²) in [5.74, 6) is -2.84. The highest BCUT2D eigenvalue weighted by Crippen LogP contribution is 2.52. The predicted molar refractivity (Wildman–Crippen MR) is 115 cm³/mol. The molecular weight excluding hydrogens is 416 g/mol. The van der Waals surface area contributed by atoms with Crippen molar-refractivity contribution >= 4 is 18.0 Å². The third kappa shape index (κ3) is 4.96. The second kappa shape index (κ2) is 9.21. The van der Waals surface area contributed by atoms with E-state index >= 15 is 0 Å². The maximum atomic E-state index is 13.0. The highest BCUT2D eigenvalue weighted by Gasteiger charge is 2.43. The molecule has 2 atom stereocenters. The summed E-state index contributed by atoms with van der Waals surface area (Å²) in [5.41, 5.74) is 1.26. The fourth-order valence-electron chi connectivity index (χ4n) is 3.44. The lowest BCUT2D eigenvalue weighted by molar-refractivity contribution is -0.151. The van der Waals surface area contributed by atoms with Crippen molar-refractivity contribution in [1.82, 2.24) is 0 Å². The van der Waals surface area contributed by atoms with Gasteiger partial charge in [0.25, 0.3) is 0 Å². The van der Waals surface area contributed by atoms with Crippen molar-refractivity contribution in [1.29, 1.82) is 0 Å². The van der Waals surface area contributed by atoms with Crippen LogP contribution in [-0.2, 0) is 19.1 Å².